The smallest absolute Gasteiger partial charge is 0.251 e. The molecule has 0 saturated carbocycles. The van der Waals surface area contributed by atoms with Crippen LogP contribution in [0.4, 0.5) is 0 Å². The molecule has 3 rings (SSSR count). The second kappa shape index (κ2) is 10.2. The molecule has 2 aliphatic heterocycles. The minimum Gasteiger partial charge on any atom is -0.368 e. The van der Waals surface area contributed by atoms with E-state index < -0.39 is 0 Å². The lowest BCUT2D eigenvalue weighted by atomic mass is 9.95. The van der Waals surface area contributed by atoms with Crippen LogP contribution >= 0.6 is 0 Å². The number of amides is 1. The van der Waals surface area contributed by atoms with Crippen LogP contribution in [0.25, 0.3) is 0 Å². The summed E-state index contributed by atoms with van der Waals surface area (Å²) in [7, 11) is 0. The molecule has 1 aromatic carbocycles. The third-order valence-corrected chi connectivity index (χ3v) is 6.29. The number of carbonyl (C=O) groups excluding carboxylic acids is 1. The highest BCUT2D eigenvalue weighted by molar-refractivity contribution is 5.81. The van der Waals surface area contributed by atoms with Crippen LogP contribution in [0, 0.1) is 12.8 Å². The van der Waals surface area contributed by atoms with Crippen molar-refractivity contribution < 1.29 is 9.53 Å². The summed E-state index contributed by atoms with van der Waals surface area (Å²) in [6.45, 7) is 10.2. The number of likely N-dealkylation sites (tertiary alicyclic amines) is 1. The first-order valence-electron chi connectivity index (χ1n) is 10.8. The normalized spacial score (nSPS) is 21.9. The van der Waals surface area contributed by atoms with E-state index >= 15 is 0 Å². The summed E-state index contributed by atoms with van der Waals surface area (Å²) in [6.07, 6.45) is 6.45. The van der Waals surface area contributed by atoms with Crippen LogP contribution in [0.2, 0.25) is 0 Å². The van der Waals surface area contributed by atoms with E-state index in [0.29, 0.717) is 5.92 Å². The Morgan fingerprint density at radius 1 is 1.19 bits per heavy atom. The van der Waals surface area contributed by atoms with Gasteiger partial charge in [0.1, 0.15) is 6.10 Å². The van der Waals surface area contributed by atoms with E-state index in [1.807, 2.05) is 4.90 Å². The van der Waals surface area contributed by atoms with Crippen molar-refractivity contribution in [1.82, 2.24) is 9.80 Å². The first kappa shape index (κ1) is 20.3. The second-order valence-electron chi connectivity index (χ2n) is 8.19. The van der Waals surface area contributed by atoms with Crippen LogP contribution in [-0.2, 0) is 16.0 Å². The van der Waals surface area contributed by atoms with Crippen LogP contribution in [-0.4, -0.2) is 61.1 Å². The summed E-state index contributed by atoms with van der Waals surface area (Å²) in [6, 6.07) is 8.71. The van der Waals surface area contributed by atoms with Crippen LogP contribution in [0.15, 0.2) is 24.3 Å². The molecule has 2 heterocycles. The Kier molecular flexibility index (Phi) is 7.71. The van der Waals surface area contributed by atoms with Crippen LogP contribution in [0.3, 0.4) is 0 Å². The molecule has 1 aromatic rings. The van der Waals surface area contributed by atoms with E-state index in [2.05, 4.69) is 43.0 Å². The number of hydrogen-bond donors (Lipinski definition) is 0. The van der Waals surface area contributed by atoms with Crippen molar-refractivity contribution in [3.8, 4) is 0 Å². The van der Waals surface area contributed by atoms with Gasteiger partial charge in [-0.3, -0.25) is 4.79 Å². The SMILES string of the molecule is CCN(CC1CCN(CCc2ccccc2C)CC1)C(=O)[C@H]1CCCCO1. The van der Waals surface area contributed by atoms with Gasteiger partial charge in [-0.15, -0.1) is 0 Å². The van der Waals surface area contributed by atoms with Gasteiger partial charge in [0.05, 0.1) is 0 Å². The summed E-state index contributed by atoms with van der Waals surface area (Å²) < 4.78 is 5.71. The summed E-state index contributed by atoms with van der Waals surface area (Å²) >= 11 is 0. The van der Waals surface area contributed by atoms with Crippen LogP contribution in [0.5, 0.6) is 0 Å². The number of piperidine rings is 1. The first-order valence-corrected chi connectivity index (χ1v) is 10.8. The summed E-state index contributed by atoms with van der Waals surface area (Å²) in [5.74, 6) is 0.853. The molecule has 4 heteroatoms. The quantitative estimate of drug-likeness (QED) is 0.732. The Labute approximate surface area is 164 Å². The third kappa shape index (κ3) is 5.79. The van der Waals surface area contributed by atoms with E-state index in [9.17, 15) is 4.79 Å². The van der Waals surface area contributed by atoms with Crippen molar-refractivity contribution in [3.05, 3.63) is 35.4 Å². The zero-order valence-corrected chi connectivity index (χ0v) is 17.2. The molecule has 1 atom stereocenters. The maximum atomic E-state index is 12.7. The Balaban J connectivity index is 1.41. The number of aryl methyl sites for hydroxylation is 1. The topological polar surface area (TPSA) is 32.8 Å². The molecule has 4 nitrogen and oxygen atoms in total. The van der Waals surface area contributed by atoms with Gasteiger partial charge in [0.2, 0.25) is 0 Å². The molecule has 0 aromatic heterocycles. The largest absolute Gasteiger partial charge is 0.368 e. The van der Waals surface area contributed by atoms with Gasteiger partial charge < -0.3 is 14.5 Å². The number of ether oxygens (including phenoxy) is 1. The van der Waals surface area contributed by atoms with Crippen LogP contribution in [0.1, 0.15) is 50.2 Å². The highest BCUT2D eigenvalue weighted by Gasteiger charge is 2.29. The molecule has 2 fully saturated rings. The van der Waals surface area contributed by atoms with Gasteiger partial charge in [0.15, 0.2) is 0 Å². The van der Waals surface area contributed by atoms with E-state index in [4.69, 9.17) is 4.74 Å². The van der Waals surface area contributed by atoms with Gasteiger partial charge in [-0.05, 0) is 82.5 Å². The molecule has 0 aliphatic carbocycles. The Morgan fingerprint density at radius 2 is 1.96 bits per heavy atom. The van der Waals surface area contributed by atoms with E-state index in [0.717, 1.165) is 65.0 Å². The molecule has 2 saturated heterocycles. The van der Waals surface area contributed by atoms with E-state index in [1.165, 1.54) is 24.0 Å². The Morgan fingerprint density at radius 3 is 2.63 bits per heavy atom. The summed E-state index contributed by atoms with van der Waals surface area (Å²) in [5, 5.41) is 0. The molecule has 27 heavy (non-hydrogen) atoms. The Bertz CT molecular complexity index is 590. The molecule has 2 aliphatic rings. The number of carbonyl (C=O) groups is 1. The number of nitrogens with zero attached hydrogens (tertiary/aromatic N) is 2. The number of hydrogen-bond acceptors (Lipinski definition) is 3. The zero-order chi connectivity index (χ0) is 19.1. The molecule has 1 amide bonds. The van der Waals surface area contributed by atoms with Gasteiger partial charge in [-0.2, -0.15) is 0 Å². The molecule has 0 N–H and O–H groups in total. The number of likely N-dealkylation sites (N-methyl/N-ethyl adjacent to an activating group) is 1. The third-order valence-electron chi connectivity index (χ3n) is 6.29. The highest BCUT2D eigenvalue weighted by atomic mass is 16.5. The second-order valence-corrected chi connectivity index (χ2v) is 8.19. The highest BCUT2D eigenvalue weighted by Crippen LogP contribution is 2.21. The molecule has 150 valence electrons. The summed E-state index contributed by atoms with van der Waals surface area (Å²) in [5.41, 5.74) is 2.87. The van der Waals surface area contributed by atoms with E-state index in [-0.39, 0.29) is 12.0 Å². The molecule has 0 radical (unpaired) electrons. The van der Waals surface area contributed by atoms with Crippen molar-refractivity contribution in [3.63, 3.8) is 0 Å². The van der Waals surface area contributed by atoms with Crippen molar-refractivity contribution in [2.75, 3.05) is 39.3 Å². The molecule has 0 spiro atoms. The summed E-state index contributed by atoms with van der Waals surface area (Å²) in [4.78, 5) is 17.4. The molecule has 0 bridgehead atoms. The van der Waals surface area contributed by atoms with Crippen molar-refractivity contribution in [1.29, 1.82) is 0 Å². The van der Waals surface area contributed by atoms with Gasteiger partial charge in [-0.1, -0.05) is 24.3 Å². The minimum atomic E-state index is -0.187. The first-order chi connectivity index (χ1) is 13.2. The maximum Gasteiger partial charge on any atom is 0.251 e. The van der Waals surface area contributed by atoms with Gasteiger partial charge >= 0.3 is 0 Å². The zero-order valence-electron chi connectivity index (χ0n) is 17.2. The van der Waals surface area contributed by atoms with Gasteiger partial charge in [0, 0.05) is 26.2 Å². The average molecular weight is 373 g/mol. The maximum absolute atomic E-state index is 12.7. The average Bonchev–Trinajstić information content (AvgIpc) is 2.72. The molecule has 0 unspecified atom stereocenters. The predicted molar refractivity (Wildman–Crippen MR) is 110 cm³/mol. The van der Waals surface area contributed by atoms with Gasteiger partial charge in [0.25, 0.3) is 5.91 Å². The van der Waals surface area contributed by atoms with Crippen molar-refractivity contribution in [2.45, 2.75) is 58.5 Å². The lowest BCUT2D eigenvalue weighted by molar-refractivity contribution is -0.147. The fourth-order valence-corrected chi connectivity index (χ4v) is 4.39. The standard InChI is InChI=1S/C23H36N2O2/c1-3-25(23(26)22-10-6-7-17-27-22)18-20-11-14-24(15-12-20)16-13-21-9-5-4-8-19(21)2/h4-5,8-9,20,22H,3,6-7,10-18H2,1-2H3/t22-/m1/s1. The number of rotatable bonds is 7. The monoisotopic (exact) mass is 372 g/mol. The van der Waals surface area contributed by atoms with Gasteiger partial charge in [-0.25, -0.2) is 0 Å². The van der Waals surface area contributed by atoms with E-state index in [1.54, 1.807) is 0 Å². The van der Waals surface area contributed by atoms with Crippen molar-refractivity contribution >= 4 is 5.91 Å². The minimum absolute atomic E-state index is 0.187. The molecular formula is C23H36N2O2. The number of benzene rings is 1. The lowest BCUT2D eigenvalue weighted by Gasteiger charge is -2.36. The lowest BCUT2D eigenvalue weighted by Crippen LogP contribution is -2.46. The Hall–Kier alpha value is -1.39. The fraction of sp³-hybridized carbons (Fsp3) is 0.696. The fourth-order valence-electron chi connectivity index (χ4n) is 4.39. The predicted octanol–water partition coefficient (Wildman–Crippen LogP) is 3.67. The molecular weight excluding hydrogens is 336 g/mol. The van der Waals surface area contributed by atoms with Crippen molar-refractivity contribution in [2.24, 2.45) is 5.92 Å². The van der Waals surface area contributed by atoms with Crippen LogP contribution < -0.4 is 0 Å².